The Morgan fingerprint density at radius 1 is 1.57 bits per heavy atom. The average molecular weight is 212 g/mol. The lowest BCUT2D eigenvalue weighted by Crippen LogP contribution is -2.32. The third-order valence-electron chi connectivity index (χ3n) is 1.85. The maximum atomic E-state index is 5.64. The molecule has 0 N–H and O–H groups in total. The van der Waals surface area contributed by atoms with Gasteiger partial charge in [-0.1, -0.05) is 6.08 Å². The van der Waals surface area contributed by atoms with Gasteiger partial charge in [-0.05, 0) is 0 Å². The van der Waals surface area contributed by atoms with E-state index < -0.39 is 0 Å². The van der Waals surface area contributed by atoms with Crippen LogP contribution in [0.15, 0.2) is 23.4 Å². The van der Waals surface area contributed by atoms with Crippen LogP contribution < -0.4 is 9.47 Å². The van der Waals surface area contributed by atoms with Crippen molar-refractivity contribution in [2.24, 2.45) is 0 Å². The van der Waals surface area contributed by atoms with Crippen LogP contribution in [0.5, 0.6) is 11.5 Å². The topological polar surface area (TPSA) is 27.7 Å². The number of thiophene rings is 1. The van der Waals surface area contributed by atoms with E-state index in [2.05, 4.69) is 6.58 Å². The van der Waals surface area contributed by atoms with Crippen LogP contribution in [-0.4, -0.2) is 25.9 Å². The monoisotopic (exact) mass is 212 g/mol. The quantitative estimate of drug-likeness (QED) is 0.565. The van der Waals surface area contributed by atoms with Crippen molar-refractivity contribution < 1.29 is 14.2 Å². The maximum absolute atomic E-state index is 5.64. The Labute approximate surface area is 86.9 Å². The van der Waals surface area contributed by atoms with Gasteiger partial charge in [0.25, 0.3) is 0 Å². The second-order valence-corrected chi connectivity index (χ2v) is 3.72. The lowest BCUT2D eigenvalue weighted by Gasteiger charge is -2.23. The Kier molecular flexibility index (Phi) is 3.06. The highest BCUT2D eigenvalue weighted by Gasteiger charge is 2.21. The molecule has 4 heteroatoms. The zero-order valence-corrected chi connectivity index (χ0v) is 8.59. The number of fused-ring (bicyclic) bond motifs is 1. The molecule has 0 aromatic carbocycles. The molecule has 76 valence electrons. The van der Waals surface area contributed by atoms with Gasteiger partial charge in [-0.15, -0.1) is 17.9 Å². The molecule has 0 saturated heterocycles. The maximum Gasteiger partial charge on any atom is 0.172 e. The normalized spacial score (nSPS) is 19.3. The Balaban J connectivity index is 1.85. The van der Waals surface area contributed by atoms with Crippen LogP contribution in [0.2, 0.25) is 0 Å². The van der Waals surface area contributed by atoms with Crippen LogP contribution in [0.3, 0.4) is 0 Å². The summed E-state index contributed by atoms with van der Waals surface area (Å²) in [6.07, 6.45) is 1.72. The molecular weight excluding hydrogens is 200 g/mol. The van der Waals surface area contributed by atoms with E-state index in [9.17, 15) is 0 Å². The largest absolute Gasteiger partial charge is 0.485 e. The molecule has 1 atom stereocenters. The van der Waals surface area contributed by atoms with E-state index >= 15 is 0 Å². The average Bonchev–Trinajstić information content (AvgIpc) is 2.65. The molecule has 14 heavy (non-hydrogen) atoms. The van der Waals surface area contributed by atoms with Gasteiger partial charge in [-0.3, -0.25) is 0 Å². The van der Waals surface area contributed by atoms with Crippen LogP contribution >= 0.6 is 11.3 Å². The molecule has 2 rings (SSSR count). The summed E-state index contributed by atoms with van der Waals surface area (Å²) in [7, 11) is 0. The number of ether oxygens (including phenoxy) is 3. The summed E-state index contributed by atoms with van der Waals surface area (Å²) in [6, 6.07) is 0. The van der Waals surface area contributed by atoms with Crippen LogP contribution in [0.4, 0.5) is 0 Å². The molecule has 0 bridgehead atoms. The van der Waals surface area contributed by atoms with Crippen LogP contribution in [0.25, 0.3) is 0 Å². The minimum atomic E-state index is -0.00273. The van der Waals surface area contributed by atoms with E-state index in [-0.39, 0.29) is 6.10 Å². The van der Waals surface area contributed by atoms with Gasteiger partial charge in [0, 0.05) is 10.8 Å². The summed E-state index contributed by atoms with van der Waals surface area (Å²) in [6.45, 7) is 5.23. The van der Waals surface area contributed by atoms with Crippen molar-refractivity contribution in [1.29, 1.82) is 0 Å². The van der Waals surface area contributed by atoms with E-state index in [1.54, 1.807) is 17.4 Å². The summed E-state index contributed by atoms with van der Waals surface area (Å²) < 4.78 is 16.4. The van der Waals surface area contributed by atoms with Gasteiger partial charge >= 0.3 is 0 Å². The van der Waals surface area contributed by atoms with E-state index in [0.29, 0.717) is 19.8 Å². The van der Waals surface area contributed by atoms with Gasteiger partial charge in [0.1, 0.15) is 6.61 Å². The van der Waals surface area contributed by atoms with Crippen molar-refractivity contribution in [3.63, 3.8) is 0 Å². The van der Waals surface area contributed by atoms with Gasteiger partial charge < -0.3 is 14.2 Å². The number of hydrogen-bond donors (Lipinski definition) is 0. The molecule has 1 unspecified atom stereocenters. The van der Waals surface area contributed by atoms with Crippen LogP contribution in [0.1, 0.15) is 0 Å². The molecular formula is C10H12O3S. The molecule has 2 heterocycles. The van der Waals surface area contributed by atoms with Crippen molar-refractivity contribution in [3.05, 3.63) is 23.4 Å². The van der Waals surface area contributed by atoms with E-state index in [1.807, 2.05) is 10.8 Å². The SMILES string of the molecule is C=CCOCC1COc2cscc2O1. The predicted molar refractivity (Wildman–Crippen MR) is 55.2 cm³/mol. The first-order chi connectivity index (χ1) is 6.90. The van der Waals surface area contributed by atoms with E-state index in [1.165, 1.54) is 0 Å². The molecule has 3 nitrogen and oxygen atoms in total. The smallest absolute Gasteiger partial charge is 0.172 e. The summed E-state index contributed by atoms with van der Waals surface area (Å²) in [5.41, 5.74) is 0. The van der Waals surface area contributed by atoms with Crippen molar-refractivity contribution in [3.8, 4) is 11.5 Å². The highest BCUT2D eigenvalue weighted by atomic mass is 32.1. The fourth-order valence-electron chi connectivity index (χ4n) is 1.23. The fraction of sp³-hybridized carbons (Fsp3) is 0.400. The Morgan fingerprint density at radius 2 is 2.43 bits per heavy atom. The zero-order valence-electron chi connectivity index (χ0n) is 7.77. The molecule has 1 aromatic rings. The van der Waals surface area contributed by atoms with Crippen molar-refractivity contribution in [2.45, 2.75) is 6.10 Å². The standard InChI is InChI=1S/C10H12O3S/c1-2-3-11-4-8-5-12-9-6-14-7-10(9)13-8/h2,6-8H,1,3-5H2. The number of hydrogen-bond acceptors (Lipinski definition) is 4. The van der Waals surface area contributed by atoms with Crippen molar-refractivity contribution >= 4 is 11.3 Å². The second kappa shape index (κ2) is 4.48. The van der Waals surface area contributed by atoms with E-state index in [0.717, 1.165) is 11.5 Å². The molecule has 1 aromatic heterocycles. The van der Waals surface area contributed by atoms with E-state index in [4.69, 9.17) is 14.2 Å². The minimum absolute atomic E-state index is 0.00273. The minimum Gasteiger partial charge on any atom is -0.485 e. The fourth-order valence-corrected chi connectivity index (χ4v) is 1.90. The summed E-state index contributed by atoms with van der Waals surface area (Å²) in [5, 5.41) is 3.88. The van der Waals surface area contributed by atoms with Gasteiger partial charge in [0.2, 0.25) is 0 Å². The van der Waals surface area contributed by atoms with Gasteiger partial charge in [-0.25, -0.2) is 0 Å². The lowest BCUT2D eigenvalue weighted by molar-refractivity contribution is 0.0179. The molecule has 0 amide bonds. The second-order valence-electron chi connectivity index (χ2n) is 2.98. The molecule has 1 aliphatic heterocycles. The molecule has 0 radical (unpaired) electrons. The first-order valence-electron chi connectivity index (χ1n) is 4.44. The van der Waals surface area contributed by atoms with Crippen LogP contribution in [0, 0.1) is 0 Å². The summed E-state index contributed by atoms with van der Waals surface area (Å²) in [5.74, 6) is 1.67. The van der Waals surface area contributed by atoms with Gasteiger partial charge in [0.05, 0.1) is 13.2 Å². The third-order valence-corrected chi connectivity index (χ3v) is 2.55. The lowest BCUT2D eigenvalue weighted by atomic mass is 10.3. The van der Waals surface area contributed by atoms with Gasteiger partial charge in [0.15, 0.2) is 17.6 Å². The first-order valence-corrected chi connectivity index (χ1v) is 5.38. The van der Waals surface area contributed by atoms with Gasteiger partial charge in [-0.2, -0.15) is 0 Å². The molecule has 0 saturated carbocycles. The first kappa shape index (κ1) is 9.55. The number of rotatable bonds is 4. The predicted octanol–water partition coefficient (Wildman–Crippen LogP) is 2.09. The molecule has 0 spiro atoms. The Bertz CT molecular complexity index is 308. The molecule has 0 fully saturated rings. The highest BCUT2D eigenvalue weighted by molar-refractivity contribution is 7.08. The highest BCUT2D eigenvalue weighted by Crippen LogP contribution is 2.35. The molecule has 0 aliphatic carbocycles. The summed E-state index contributed by atoms with van der Waals surface area (Å²) in [4.78, 5) is 0. The molecule has 1 aliphatic rings. The Hall–Kier alpha value is -1.00. The zero-order chi connectivity index (χ0) is 9.80. The third kappa shape index (κ3) is 2.08. The van der Waals surface area contributed by atoms with Crippen LogP contribution in [-0.2, 0) is 4.74 Å². The summed E-state index contributed by atoms with van der Waals surface area (Å²) >= 11 is 1.58. The van der Waals surface area contributed by atoms with Crippen molar-refractivity contribution in [1.82, 2.24) is 0 Å². The Morgan fingerprint density at radius 3 is 3.29 bits per heavy atom. The van der Waals surface area contributed by atoms with Crippen molar-refractivity contribution in [2.75, 3.05) is 19.8 Å².